The summed E-state index contributed by atoms with van der Waals surface area (Å²) in [4.78, 5) is 22.7. The Morgan fingerprint density at radius 3 is 3.11 bits per heavy atom. The first-order valence-electron chi connectivity index (χ1n) is 9.17. The van der Waals surface area contributed by atoms with Gasteiger partial charge in [0.2, 0.25) is 0 Å². The Kier molecular flexibility index (Phi) is 5.16. The summed E-state index contributed by atoms with van der Waals surface area (Å²) in [5.74, 6) is 0.0206. The first kappa shape index (κ1) is 18.3. The molecule has 9 heteroatoms. The van der Waals surface area contributed by atoms with E-state index < -0.39 is 5.82 Å². The quantitative estimate of drug-likeness (QED) is 0.736. The topological polar surface area (TPSA) is 84.6 Å². The summed E-state index contributed by atoms with van der Waals surface area (Å²) in [6.45, 7) is 4.28. The van der Waals surface area contributed by atoms with Crippen molar-refractivity contribution in [3.8, 4) is 0 Å². The molecular formula is C19H21FN6O2. The van der Waals surface area contributed by atoms with Gasteiger partial charge in [-0.05, 0) is 31.5 Å². The maximum atomic E-state index is 13.0. The molecule has 1 saturated heterocycles. The molecule has 3 aromatic rings. The normalized spacial score (nSPS) is 17.5. The summed E-state index contributed by atoms with van der Waals surface area (Å²) in [6.07, 6.45) is 5.25. The lowest BCUT2D eigenvalue weighted by molar-refractivity contribution is 0.0638. The maximum Gasteiger partial charge on any atom is 0.269 e. The van der Waals surface area contributed by atoms with Crippen LogP contribution in [-0.2, 0) is 4.74 Å². The van der Waals surface area contributed by atoms with E-state index in [2.05, 4.69) is 25.3 Å². The van der Waals surface area contributed by atoms with Gasteiger partial charge in [-0.1, -0.05) is 0 Å². The summed E-state index contributed by atoms with van der Waals surface area (Å²) in [5, 5.41) is 7.25. The van der Waals surface area contributed by atoms with Gasteiger partial charge in [-0.25, -0.2) is 18.9 Å². The van der Waals surface area contributed by atoms with Crippen LogP contribution in [-0.4, -0.2) is 57.8 Å². The van der Waals surface area contributed by atoms with Crippen molar-refractivity contribution in [2.24, 2.45) is 0 Å². The van der Waals surface area contributed by atoms with Crippen LogP contribution < -0.4 is 10.2 Å². The molecule has 1 N–H and O–H groups in total. The molecule has 4 heterocycles. The molecule has 1 fully saturated rings. The molecule has 8 nitrogen and oxygen atoms in total. The Labute approximate surface area is 161 Å². The number of aromatic nitrogens is 4. The van der Waals surface area contributed by atoms with Crippen LogP contribution in [0.5, 0.6) is 0 Å². The second kappa shape index (κ2) is 7.89. The number of ether oxygens (including phenoxy) is 1. The summed E-state index contributed by atoms with van der Waals surface area (Å²) < 4.78 is 20.7. The van der Waals surface area contributed by atoms with E-state index in [4.69, 9.17) is 4.74 Å². The predicted octanol–water partition coefficient (Wildman–Crippen LogP) is 1.60. The average molecular weight is 384 g/mol. The third-order valence-electron chi connectivity index (χ3n) is 4.59. The number of hydrogen-bond acceptors (Lipinski definition) is 6. The summed E-state index contributed by atoms with van der Waals surface area (Å²) in [7, 11) is 0. The number of hydrogen-bond donors (Lipinski definition) is 1. The molecule has 1 unspecified atom stereocenters. The van der Waals surface area contributed by atoms with Crippen LogP contribution >= 0.6 is 0 Å². The molecule has 146 valence electrons. The zero-order chi connectivity index (χ0) is 19.5. The Balaban J connectivity index is 1.45. The molecule has 0 aromatic carbocycles. The molecule has 0 aliphatic carbocycles. The average Bonchev–Trinajstić information content (AvgIpc) is 2.92. The highest BCUT2D eigenvalue weighted by Crippen LogP contribution is 2.21. The minimum Gasteiger partial charge on any atom is -0.374 e. The van der Waals surface area contributed by atoms with Gasteiger partial charge in [0.25, 0.3) is 5.91 Å². The highest BCUT2D eigenvalue weighted by molar-refractivity contribution is 5.92. The van der Waals surface area contributed by atoms with E-state index >= 15 is 0 Å². The number of aryl methyl sites for hydroxylation is 1. The summed E-state index contributed by atoms with van der Waals surface area (Å²) in [6, 6.07) is 4.58. The second-order valence-corrected chi connectivity index (χ2v) is 6.73. The van der Waals surface area contributed by atoms with Gasteiger partial charge in [-0.2, -0.15) is 5.10 Å². The lowest BCUT2D eigenvalue weighted by Crippen LogP contribution is -2.40. The lowest BCUT2D eigenvalue weighted by atomic mass is 10.2. The zero-order valence-electron chi connectivity index (χ0n) is 15.5. The molecule has 3 aromatic heterocycles. The Bertz CT molecular complexity index is 974. The number of anilines is 1. The van der Waals surface area contributed by atoms with Gasteiger partial charge in [-0.3, -0.25) is 4.79 Å². The van der Waals surface area contributed by atoms with Crippen LogP contribution in [0.3, 0.4) is 0 Å². The molecule has 1 aliphatic heterocycles. The Morgan fingerprint density at radius 1 is 1.39 bits per heavy atom. The molecule has 0 saturated carbocycles. The first-order valence-corrected chi connectivity index (χ1v) is 9.17. The number of nitrogens with one attached hydrogen (secondary N) is 1. The van der Waals surface area contributed by atoms with Gasteiger partial charge in [0, 0.05) is 38.6 Å². The Hall–Kier alpha value is -3.07. The highest BCUT2D eigenvalue weighted by Gasteiger charge is 2.22. The SMILES string of the molecule is Cc1cc2c(N3CCCOC(CNC(=O)c4ccc(F)cn4)C3)nccn2n1. The van der Waals surface area contributed by atoms with E-state index in [0.29, 0.717) is 19.7 Å². The molecule has 1 atom stereocenters. The second-order valence-electron chi connectivity index (χ2n) is 6.73. The van der Waals surface area contributed by atoms with Crippen LogP contribution in [0.1, 0.15) is 22.6 Å². The molecule has 1 aliphatic rings. The number of rotatable bonds is 4. The standard InChI is InChI=1S/C19H21FN6O2/c1-13-9-17-18(21-5-7-26(17)24-13)25-6-2-8-28-15(12-25)11-23-19(27)16-4-3-14(20)10-22-16/h3-5,7,9-10,15H,2,6,8,11-12H2,1H3,(H,23,27). The van der Waals surface area contributed by atoms with Gasteiger partial charge >= 0.3 is 0 Å². The van der Waals surface area contributed by atoms with Crippen molar-refractivity contribution in [3.05, 3.63) is 54.0 Å². The fourth-order valence-corrected chi connectivity index (χ4v) is 3.29. The van der Waals surface area contributed by atoms with Crippen LogP contribution in [0.15, 0.2) is 36.8 Å². The van der Waals surface area contributed by atoms with Crippen molar-refractivity contribution in [2.45, 2.75) is 19.4 Å². The van der Waals surface area contributed by atoms with Gasteiger partial charge < -0.3 is 15.0 Å². The molecule has 0 spiro atoms. The van der Waals surface area contributed by atoms with Crippen LogP contribution in [0.2, 0.25) is 0 Å². The van der Waals surface area contributed by atoms with Gasteiger partial charge in [-0.15, -0.1) is 0 Å². The van der Waals surface area contributed by atoms with E-state index in [1.807, 2.05) is 23.7 Å². The van der Waals surface area contributed by atoms with Crippen LogP contribution in [0, 0.1) is 12.7 Å². The number of carbonyl (C=O) groups excluding carboxylic acids is 1. The minimum absolute atomic E-state index is 0.174. The number of amides is 1. The number of fused-ring (bicyclic) bond motifs is 1. The number of nitrogens with zero attached hydrogens (tertiary/aromatic N) is 5. The van der Waals surface area contributed by atoms with E-state index in [9.17, 15) is 9.18 Å². The third-order valence-corrected chi connectivity index (χ3v) is 4.59. The molecule has 4 rings (SSSR count). The first-order chi connectivity index (χ1) is 13.6. The third kappa shape index (κ3) is 3.94. The van der Waals surface area contributed by atoms with E-state index in [0.717, 1.165) is 36.2 Å². The van der Waals surface area contributed by atoms with Crippen molar-refractivity contribution in [3.63, 3.8) is 0 Å². The summed E-state index contributed by atoms with van der Waals surface area (Å²) >= 11 is 0. The number of halogens is 1. The molecule has 0 radical (unpaired) electrons. The minimum atomic E-state index is -0.476. The largest absolute Gasteiger partial charge is 0.374 e. The van der Waals surface area contributed by atoms with E-state index in [1.54, 1.807) is 6.20 Å². The predicted molar refractivity (Wildman–Crippen MR) is 101 cm³/mol. The fraction of sp³-hybridized carbons (Fsp3) is 0.368. The molecular weight excluding hydrogens is 363 g/mol. The van der Waals surface area contributed by atoms with Crippen molar-refractivity contribution >= 4 is 17.2 Å². The number of pyridine rings is 1. The molecule has 0 bridgehead atoms. The Morgan fingerprint density at radius 2 is 2.29 bits per heavy atom. The van der Waals surface area contributed by atoms with Gasteiger partial charge in [0.05, 0.1) is 18.0 Å². The van der Waals surface area contributed by atoms with Crippen LogP contribution in [0.4, 0.5) is 10.2 Å². The zero-order valence-corrected chi connectivity index (χ0v) is 15.5. The van der Waals surface area contributed by atoms with E-state index in [-0.39, 0.29) is 17.7 Å². The molecule has 1 amide bonds. The van der Waals surface area contributed by atoms with Gasteiger partial charge in [0.15, 0.2) is 5.82 Å². The van der Waals surface area contributed by atoms with Gasteiger partial charge in [0.1, 0.15) is 17.0 Å². The summed E-state index contributed by atoms with van der Waals surface area (Å²) in [5.41, 5.74) is 2.05. The fourth-order valence-electron chi connectivity index (χ4n) is 3.29. The van der Waals surface area contributed by atoms with E-state index in [1.165, 1.54) is 12.1 Å². The molecule has 28 heavy (non-hydrogen) atoms. The van der Waals surface area contributed by atoms with Crippen molar-refractivity contribution in [1.29, 1.82) is 0 Å². The van der Waals surface area contributed by atoms with Crippen molar-refractivity contribution < 1.29 is 13.9 Å². The van der Waals surface area contributed by atoms with Crippen molar-refractivity contribution in [2.75, 3.05) is 31.1 Å². The number of carbonyl (C=O) groups is 1. The van der Waals surface area contributed by atoms with Crippen LogP contribution in [0.25, 0.3) is 5.52 Å². The smallest absolute Gasteiger partial charge is 0.269 e. The monoisotopic (exact) mass is 384 g/mol. The lowest BCUT2D eigenvalue weighted by Gasteiger charge is -2.25. The highest BCUT2D eigenvalue weighted by atomic mass is 19.1. The van der Waals surface area contributed by atoms with Crippen molar-refractivity contribution in [1.82, 2.24) is 24.9 Å². The maximum absolute atomic E-state index is 13.0.